The summed E-state index contributed by atoms with van der Waals surface area (Å²) >= 11 is 0. The van der Waals surface area contributed by atoms with Crippen LogP contribution in [0.1, 0.15) is 26.7 Å². The van der Waals surface area contributed by atoms with Crippen molar-refractivity contribution in [2.24, 2.45) is 0 Å². The van der Waals surface area contributed by atoms with Crippen LogP contribution in [0.15, 0.2) is 0 Å². The van der Waals surface area contributed by atoms with Gasteiger partial charge in [0.15, 0.2) is 0 Å². The molecule has 0 aromatic carbocycles. The summed E-state index contributed by atoms with van der Waals surface area (Å²) in [5, 5.41) is 12.2. The minimum Gasteiger partial charge on any atom is -0.379 e. The summed E-state index contributed by atoms with van der Waals surface area (Å²) in [5.74, 6) is 0. The Balaban J connectivity index is 2.19. The standard InChI is InChI=1S/C11H20N2O2/c1-3-13-11(2,9-12)5-7-15-10-4-6-14-8-10/h10,13H,3-8H2,1-2H3. The lowest BCUT2D eigenvalue weighted by molar-refractivity contribution is 0.0350. The summed E-state index contributed by atoms with van der Waals surface area (Å²) in [4.78, 5) is 0. The highest BCUT2D eigenvalue weighted by Gasteiger charge is 2.23. The average Bonchev–Trinajstić information content (AvgIpc) is 2.71. The normalized spacial score (nSPS) is 24.7. The lowest BCUT2D eigenvalue weighted by atomic mass is 10.0. The Labute approximate surface area is 91.6 Å². The number of nitrogens with one attached hydrogen (secondary N) is 1. The Hall–Kier alpha value is -0.630. The molecule has 0 saturated carbocycles. The molecular formula is C11H20N2O2. The fourth-order valence-electron chi connectivity index (χ4n) is 1.65. The molecule has 0 aromatic rings. The van der Waals surface area contributed by atoms with Gasteiger partial charge in [0.25, 0.3) is 0 Å². The largest absolute Gasteiger partial charge is 0.379 e. The highest BCUT2D eigenvalue weighted by Crippen LogP contribution is 2.12. The molecule has 0 radical (unpaired) electrons. The summed E-state index contributed by atoms with van der Waals surface area (Å²) < 4.78 is 10.8. The summed E-state index contributed by atoms with van der Waals surface area (Å²) in [6.45, 7) is 6.83. The first-order chi connectivity index (χ1) is 7.20. The second-order valence-corrected chi connectivity index (χ2v) is 4.08. The SMILES string of the molecule is CCNC(C)(C#N)CCOC1CCOC1. The molecule has 15 heavy (non-hydrogen) atoms. The summed E-state index contributed by atoms with van der Waals surface area (Å²) in [6, 6.07) is 2.28. The van der Waals surface area contributed by atoms with Crippen LogP contribution in [-0.2, 0) is 9.47 Å². The van der Waals surface area contributed by atoms with E-state index in [1.54, 1.807) is 0 Å². The molecular weight excluding hydrogens is 192 g/mol. The third-order valence-electron chi connectivity index (χ3n) is 2.66. The molecule has 0 aliphatic carbocycles. The van der Waals surface area contributed by atoms with Crippen molar-refractivity contribution in [1.82, 2.24) is 5.32 Å². The van der Waals surface area contributed by atoms with Crippen LogP contribution in [0.25, 0.3) is 0 Å². The molecule has 4 heteroatoms. The summed E-state index contributed by atoms with van der Waals surface area (Å²) in [7, 11) is 0. The Morgan fingerprint density at radius 2 is 2.47 bits per heavy atom. The first kappa shape index (κ1) is 12.4. The van der Waals surface area contributed by atoms with Crippen LogP contribution in [0.2, 0.25) is 0 Å². The maximum Gasteiger partial charge on any atom is 0.106 e. The molecule has 1 aliphatic rings. The molecule has 1 rings (SSSR count). The molecule has 1 heterocycles. The van der Waals surface area contributed by atoms with Gasteiger partial charge in [-0.1, -0.05) is 6.92 Å². The van der Waals surface area contributed by atoms with Gasteiger partial charge < -0.3 is 9.47 Å². The van der Waals surface area contributed by atoms with E-state index in [-0.39, 0.29) is 6.10 Å². The van der Waals surface area contributed by atoms with Crippen molar-refractivity contribution in [1.29, 1.82) is 5.26 Å². The zero-order chi connectivity index (χ0) is 11.1. The van der Waals surface area contributed by atoms with E-state index in [1.165, 1.54) is 0 Å². The maximum absolute atomic E-state index is 9.02. The van der Waals surface area contributed by atoms with Gasteiger partial charge in [-0.25, -0.2) is 0 Å². The molecule has 0 spiro atoms. The van der Waals surface area contributed by atoms with Gasteiger partial charge in [0, 0.05) is 19.6 Å². The topological polar surface area (TPSA) is 54.3 Å². The van der Waals surface area contributed by atoms with Crippen LogP contribution in [-0.4, -0.2) is 38.0 Å². The molecule has 1 saturated heterocycles. The van der Waals surface area contributed by atoms with E-state index in [0.717, 1.165) is 19.6 Å². The molecule has 0 aromatic heterocycles. The third-order valence-corrected chi connectivity index (χ3v) is 2.66. The van der Waals surface area contributed by atoms with Gasteiger partial charge in [0.1, 0.15) is 5.54 Å². The van der Waals surface area contributed by atoms with Crippen molar-refractivity contribution in [3.8, 4) is 6.07 Å². The Bertz CT molecular complexity index is 221. The number of rotatable bonds is 6. The maximum atomic E-state index is 9.02. The first-order valence-electron chi connectivity index (χ1n) is 5.56. The smallest absolute Gasteiger partial charge is 0.106 e. The predicted molar refractivity (Wildman–Crippen MR) is 57.5 cm³/mol. The van der Waals surface area contributed by atoms with Crippen LogP contribution in [0.4, 0.5) is 0 Å². The molecule has 86 valence electrons. The summed E-state index contributed by atoms with van der Waals surface area (Å²) in [5.41, 5.74) is -0.464. The molecule has 1 fully saturated rings. The Kier molecular flexibility index (Phi) is 5.03. The van der Waals surface area contributed by atoms with E-state index in [2.05, 4.69) is 11.4 Å². The molecule has 0 bridgehead atoms. The fourth-order valence-corrected chi connectivity index (χ4v) is 1.65. The van der Waals surface area contributed by atoms with E-state index < -0.39 is 5.54 Å². The fraction of sp³-hybridized carbons (Fsp3) is 0.909. The predicted octanol–water partition coefficient (Wildman–Crippen LogP) is 1.07. The monoisotopic (exact) mass is 212 g/mol. The molecule has 1 aliphatic heterocycles. The van der Waals surface area contributed by atoms with Crippen LogP contribution in [0.3, 0.4) is 0 Å². The van der Waals surface area contributed by atoms with Crippen molar-refractivity contribution in [3.05, 3.63) is 0 Å². The minimum atomic E-state index is -0.464. The summed E-state index contributed by atoms with van der Waals surface area (Å²) in [6.07, 6.45) is 1.92. The van der Waals surface area contributed by atoms with Crippen LogP contribution in [0, 0.1) is 11.3 Å². The van der Waals surface area contributed by atoms with E-state index in [1.807, 2.05) is 13.8 Å². The zero-order valence-electron chi connectivity index (χ0n) is 9.58. The second kappa shape index (κ2) is 6.06. The van der Waals surface area contributed by atoms with Gasteiger partial charge in [0.2, 0.25) is 0 Å². The average molecular weight is 212 g/mol. The molecule has 1 N–H and O–H groups in total. The lowest BCUT2D eigenvalue weighted by Crippen LogP contribution is -2.42. The number of ether oxygens (including phenoxy) is 2. The molecule has 2 atom stereocenters. The number of nitrogens with zero attached hydrogens (tertiary/aromatic N) is 1. The van der Waals surface area contributed by atoms with E-state index in [4.69, 9.17) is 14.7 Å². The Morgan fingerprint density at radius 3 is 3.00 bits per heavy atom. The highest BCUT2D eigenvalue weighted by molar-refractivity contribution is 5.03. The second-order valence-electron chi connectivity index (χ2n) is 4.08. The van der Waals surface area contributed by atoms with Gasteiger partial charge in [-0.2, -0.15) is 5.26 Å². The highest BCUT2D eigenvalue weighted by atomic mass is 16.5. The number of hydrogen-bond donors (Lipinski definition) is 1. The van der Waals surface area contributed by atoms with Gasteiger partial charge in [0.05, 0.1) is 18.8 Å². The molecule has 2 unspecified atom stereocenters. The van der Waals surface area contributed by atoms with E-state index in [9.17, 15) is 0 Å². The Morgan fingerprint density at radius 1 is 1.67 bits per heavy atom. The van der Waals surface area contributed by atoms with Gasteiger partial charge in [-0.15, -0.1) is 0 Å². The lowest BCUT2D eigenvalue weighted by Gasteiger charge is -2.23. The van der Waals surface area contributed by atoms with E-state index >= 15 is 0 Å². The quantitative estimate of drug-likeness (QED) is 0.715. The van der Waals surface area contributed by atoms with Gasteiger partial charge >= 0.3 is 0 Å². The van der Waals surface area contributed by atoms with Crippen LogP contribution < -0.4 is 5.32 Å². The van der Waals surface area contributed by atoms with E-state index in [0.29, 0.717) is 19.6 Å². The van der Waals surface area contributed by atoms with Crippen LogP contribution >= 0.6 is 0 Å². The number of hydrogen-bond acceptors (Lipinski definition) is 4. The third kappa shape index (κ3) is 4.17. The minimum absolute atomic E-state index is 0.231. The van der Waals surface area contributed by atoms with Crippen molar-refractivity contribution < 1.29 is 9.47 Å². The van der Waals surface area contributed by atoms with Gasteiger partial charge in [-0.3, -0.25) is 5.32 Å². The van der Waals surface area contributed by atoms with Gasteiger partial charge in [-0.05, 0) is 19.9 Å². The molecule has 4 nitrogen and oxygen atoms in total. The first-order valence-corrected chi connectivity index (χ1v) is 5.56. The van der Waals surface area contributed by atoms with Crippen molar-refractivity contribution in [2.45, 2.75) is 38.3 Å². The van der Waals surface area contributed by atoms with Crippen molar-refractivity contribution >= 4 is 0 Å². The zero-order valence-corrected chi connectivity index (χ0v) is 9.58. The van der Waals surface area contributed by atoms with Crippen molar-refractivity contribution in [2.75, 3.05) is 26.4 Å². The number of nitriles is 1. The molecule has 0 amide bonds. The van der Waals surface area contributed by atoms with Crippen molar-refractivity contribution in [3.63, 3.8) is 0 Å². The van der Waals surface area contributed by atoms with Crippen LogP contribution in [0.5, 0.6) is 0 Å².